The summed E-state index contributed by atoms with van der Waals surface area (Å²) in [7, 11) is 0. The monoisotopic (exact) mass is 324 g/mol. The van der Waals surface area contributed by atoms with E-state index in [0.717, 1.165) is 38.0 Å². The predicted molar refractivity (Wildman–Crippen MR) is 95.4 cm³/mol. The van der Waals surface area contributed by atoms with E-state index < -0.39 is 0 Å². The molecule has 0 aliphatic carbocycles. The van der Waals surface area contributed by atoms with Gasteiger partial charge in [0.25, 0.3) is 5.91 Å². The molecule has 1 N–H and O–H groups in total. The first kappa shape index (κ1) is 16.4. The van der Waals surface area contributed by atoms with Gasteiger partial charge < -0.3 is 10.2 Å². The molecule has 1 aromatic heterocycles. The third-order valence-electron chi connectivity index (χ3n) is 4.59. The fraction of sp³-hybridized carbons (Fsp3) is 0.421. The molecule has 1 saturated heterocycles. The number of aryl methyl sites for hydroxylation is 1. The van der Waals surface area contributed by atoms with Gasteiger partial charge in [-0.15, -0.1) is 0 Å². The Labute approximate surface area is 143 Å². The number of likely N-dealkylation sites (tertiary alicyclic amines) is 1. The summed E-state index contributed by atoms with van der Waals surface area (Å²) in [6.45, 7) is 5.97. The summed E-state index contributed by atoms with van der Waals surface area (Å²) >= 11 is 0. The molecule has 0 spiro atoms. The van der Waals surface area contributed by atoms with Crippen molar-refractivity contribution in [2.75, 3.05) is 18.4 Å². The summed E-state index contributed by atoms with van der Waals surface area (Å²) in [5, 5.41) is 3.24. The number of hydrogen-bond donors (Lipinski definition) is 1. The Bertz CT molecular complexity index is 708. The van der Waals surface area contributed by atoms with E-state index >= 15 is 0 Å². The smallest absolute Gasteiger partial charge is 0.272 e. The molecule has 1 fully saturated rings. The van der Waals surface area contributed by atoms with Crippen molar-refractivity contribution in [2.45, 2.75) is 33.1 Å². The van der Waals surface area contributed by atoms with Crippen LogP contribution in [0.1, 0.15) is 42.7 Å². The number of carbonyl (C=O) groups is 1. The Hall–Kier alpha value is -2.43. The lowest BCUT2D eigenvalue weighted by molar-refractivity contribution is 0.0691. The van der Waals surface area contributed by atoms with Gasteiger partial charge in [-0.25, -0.2) is 9.97 Å². The van der Waals surface area contributed by atoms with Gasteiger partial charge in [0.1, 0.15) is 5.69 Å². The minimum atomic E-state index is -0.00359. The minimum absolute atomic E-state index is 0.00359. The molecule has 3 rings (SSSR count). The van der Waals surface area contributed by atoms with Crippen molar-refractivity contribution >= 4 is 17.5 Å². The maximum Gasteiger partial charge on any atom is 0.272 e. The number of anilines is 2. The number of benzene rings is 1. The number of hydrogen-bond acceptors (Lipinski definition) is 4. The van der Waals surface area contributed by atoms with Crippen LogP contribution in [-0.2, 0) is 6.42 Å². The Morgan fingerprint density at radius 3 is 2.75 bits per heavy atom. The van der Waals surface area contributed by atoms with Gasteiger partial charge in [0, 0.05) is 25.0 Å². The van der Waals surface area contributed by atoms with Gasteiger partial charge in [-0.1, -0.05) is 32.0 Å². The van der Waals surface area contributed by atoms with Gasteiger partial charge in [0.2, 0.25) is 5.95 Å². The highest BCUT2D eigenvalue weighted by molar-refractivity contribution is 5.92. The lowest BCUT2D eigenvalue weighted by atomic mass is 9.99. The van der Waals surface area contributed by atoms with Crippen LogP contribution in [0, 0.1) is 5.92 Å². The van der Waals surface area contributed by atoms with Crippen molar-refractivity contribution in [2.24, 2.45) is 5.92 Å². The molecule has 24 heavy (non-hydrogen) atoms. The SMILES string of the molecule is CCc1ccccc1Nc1nccc(C(=O)N2CCC(C)CC2)n1. The molecule has 0 atom stereocenters. The van der Waals surface area contributed by atoms with Crippen molar-refractivity contribution in [1.82, 2.24) is 14.9 Å². The van der Waals surface area contributed by atoms with Crippen molar-refractivity contribution in [1.29, 1.82) is 0 Å². The van der Waals surface area contributed by atoms with E-state index in [-0.39, 0.29) is 5.91 Å². The van der Waals surface area contributed by atoms with Gasteiger partial charge in [0.15, 0.2) is 0 Å². The highest BCUT2D eigenvalue weighted by Crippen LogP contribution is 2.20. The van der Waals surface area contributed by atoms with Gasteiger partial charge in [-0.05, 0) is 42.9 Å². The van der Waals surface area contributed by atoms with Gasteiger partial charge >= 0.3 is 0 Å². The zero-order valence-electron chi connectivity index (χ0n) is 14.3. The molecule has 1 aromatic carbocycles. The first-order chi connectivity index (χ1) is 11.7. The molecule has 1 aliphatic heterocycles. The van der Waals surface area contributed by atoms with E-state index in [9.17, 15) is 4.79 Å². The Morgan fingerprint density at radius 1 is 1.25 bits per heavy atom. The number of piperidine rings is 1. The molecular weight excluding hydrogens is 300 g/mol. The third-order valence-corrected chi connectivity index (χ3v) is 4.59. The van der Waals surface area contributed by atoms with Crippen LogP contribution < -0.4 is 5.32 Å². The Balaban J connectivity index is 1.75. The van der Waals surface area contributed by atoms with Crippen LogP contribution in [0.4, 0.5) is 11.6 Å². The third kappa shape index (κ3) is 3.72. The van der Waals surface area contributed by atoms with E-state index in [1.807, 2.05) is 23.1 Å². The molecule has 2 heterocycles. The van der Waals surface area contributed by atoms with Crippen LogP contribution in [0.25, 0.3) is 0 Å². The van der Waals surface area contributed by atoms with E-state index in [2.05, 4.69) is 35.2 Å². The lowest BCUT2D eigenvalue weighted by Crippen LogP contribution is -2.38. The number of para-hydroxylation sites is 1. The number of nitrogens with zero attached hydrogens (tertiary/aromatic N) is 3. The molecule has 5 heteroatoms. The van der Waals surface area contributed by atoms with Gasteiger partial charge in [0.05, 0.1) is 0 Å². The minimum Gasteiger partial charge on any atom is -0.337 e. The summed E-state index contributed by atoms with van der Waals surface area (Å²) in [6.07, 6.45) is 4.69. The normalized spacial score (nSPS) is 15.3. The molecule has 0 bridgehead atoms. The fourth-order valence-corrected chi connectivity index (χ4v) is 2.98. The second-order valence-electron chi connectivity index (χ2n) is 6.38. The van der Waals surface area contributed by atoms with Crippen molar-refractivity contribution < 1.29 is 4.79 Å². The summed E-state index contributed by atoms with van der Waals surface area (Å²) in [5.41, 5.74) is 2.63. The number of nitrogens with one attached hydrogen (secondary N) is 1. The van der Waals surface area contributed by atoms with E-state index in [1.54, 1.807) is 12.3 Å². The zero-order valence-corrected chi connectivity index (χ0v) is 14.3. The number of amides is 1. The molecule has 0 unspecified atom stereocenters. The van der Waals surface area contributed by atoms with Crippen LogP contribution in [0.5, 0.6) is 0 Å². The average molecular weight is 324 g/mol. The molecule has 5 nitrogen and oxygen atoms in total. The van der Waals surface area contributed by atoms with Crippen LogP contribution in [0.3, 0.4) is 0 Å². The number of carbonyl (C=O) groups excluding carboxylic acids is 1. The summed E-state index contributed by atoms with van der Waals surface area (Å²) in [6, 6.07) is 9.76. The lowest BCUT2D eigenvalue weighted by Gasteiger charge is -2.30. The second-order valence-corrected chi connectivity index (χ2v) is 6.38. The summed E-state index contributed by atoms with van der Waals surface area (Å²) < 4.78 is 0. The Morgan fingerprint density at radius 2 is 2.00 bits per heavy atom. The topological polar surface area (TPSA) is 58.1 Å². The van der Waals surface area contributed by atoms with E-state index in [1.165, 1.54) is 5.56 Å². The van der Waals surface area contributed by atoms with Crippen LogP contribution in [0.15, 0.2) is 36.5 Å². The van der Waals surface area contributed by atoms with E-state index in [0.29, 0.717) is 17.6 Å². The number of aromatic nitrogens is 2. The van der Waals surface area contributed by atoms with Gasteiger partial charge in [-0.3, -0.25) is 4.79 Å². The maximum atomic E-state index is 12.6. The Kier molecular flexibility index (Phi) is 5.08. The molecule has 0 saturated carbocycles. The van der Waals surface area contributed by atoms with Crippen LogP contribution >= 0.6 is 0 Å². The molecule has 1 aliphatic rings. The standard InChI is InChI=1S/C19H24N4O/c1-3-15-6-4-5-7-16(15)21-19-20-11-8-17(22-19)18(24)23-12-9-14(2)10-13-23/h4-8,11,14H,3,9-10,12-13H2,1-2H3,(H,20,21,22). The fourth-order valence-electron chi connectivity index (χ4n) is 2.98. The predicted octanol–water partition coefficient (Wildman–Crippen LogP) is 3.65. The first-order valence-corrected chi connectivity index (χ1v) is 8.64. The number of rotatable bonds is 4. The highest BCUT2D eigenvalue weighted by Gasteiger charge is 2.22. The van der Waals surface area contributed by atoms with Crippen LogP contribution in [0.2, 0.25) is 0 Å². The first-order valence-electron chi connectivity index (χ1n) is 8.64. The molecule has 1 amide bonds. The van der Waals surface area contributed by atoms with E-state index in [4.69, 9.17) is 0 Å². The highest BCUT2D eigenvalue weighted by atomic mass is 16.2. The summed E-state index contributed by atoms with van der Waals surface area (Å²) in [5.74, 6) is 1.16. The molecular formula is C19H24N4O. The quantitative estimate of drug-likeness (QED) is 0.932. The second kappa shape index (κ2) is 7.43. The molecule has 0 radical (unpaired) electrons. The van der Waals surface area contributed by atoms with Crippen LogP contribution in [-0.4, -0.2) is 33.9 Å². The summed E-state index contributed by atoms with van der Waals surface area (Å²) in [4.78, 5) is 23.2. The van der Waals surface area contributed by atoms with Crippen molar-refractivity contribution in [3.05, 3.63) is 47.8 Å². The molecule has 126 valence electrons. The zero-order chi connectivity index (χ0) is 16.9. The van der Waals surface area contributed by atoms with Crippen molar-refractivity contribution in [3.8, 4) is 0 Å². The van der Waals surface area contributed by atoms with Gasteiger partial charge in [-0.2, -0.15) is 0 Å². The average Bonchev–Trinajstić information content (AvgIpc) is 2.62. The van der Waals surface area contributed by atoms with Crippen molar-refractivity contribution in [3.63, 3.8) is 0 Å². The largest absolute Gasteiger partial charge is 0.337 e. The molecule has 2 aromatic rings. The maximum absolute atomic E-state index is 12.6.